The highest BCUT2D eigenvalue weighted by Gasteiger charge is 2.19. The van der Waals surface area contributed by atoms with Gasteiger partial charge >= 0.3 is 0 Å². The van der Waals surface area contributed by atoms with E-state index in [1.54, 1.807) is 0 Å². The zero-order valence-electron chi connectivity index (χ0n) is 8.71. The van der Waals surface area contributed by atoms with Crippen molar-refractivity contribution in [3.8, 4) is 0 Å². The number of hydrogen-bond acceptors (Lipinski definition) is 3. The monoisotopic (exact) mass is 182 g/mol. The van der Waals surface area contributed by atoms with E-state index in [4.69, 9.17) is 4.52 Å². The average molecular weight is 182 g/mol. The third kappa shape index (κ3) is 2.83. The van der Waals surface area contributed by atoms with Crippen molar-refractivity contribution >= 4 is 0 Å². The molecule has 0 bridgehead atoms. The first-order valence-corrected chi connectivity index (χ1v) is 5.14. The van der Waals surface area contributed by atoms with Gasteiger partial charge in [0.05, 0.1) is 0 Å². The third-order valence-corrected chi connectivity index (χ3v) is 2.27. The van der Waals surface area contributed by atoms with Gasteiger partial charge < -0.3 is 4.52 Å². The Balaban J connectivity index is 0.000000396. The molecule has 0 saturated heterocycles. The first-order chi connectivity index (χ1) is 6.34. The predicted octanol–water partition coefficient (Wildman–Crippen LogP) is 2.75. The van der Waals surface area contributed by atoms with Crippen LogP contribution in [0, 0.1) is 12.8 Å². The Bertz CT molecular complexity index is 241. The molecule has 0 aromatic carbocycles. The van der Waals surface area contributed by atoms with Crippen LogP contribution in [-0.4, -0.2) is 10.1 Å². The van der Waals surface area contributed by atoms with Crippen LogP contribution in [0.1, 0.15) is 44.8 Å². The molecular formula is C10H18N2O. The van der Waals surface area contributed by atoms with Gasteiger partial charge in [-0.15, -0.1) is 0 Å². The van der Waals surface area contributed by atoms with Crippen molar-refractivity contribution < 1.29 is 4.52 Å². The van der Waals surface area contributed by atoms with Gasteiger partial charge in [-0.25, -0.2) is 0 Å². The van der Waals surface area contributed by atoms with Gasteiger partial charge in [-0.1, -0.05) is 38.3 Å². The van der Waals surface area contributed by atoms with E-state index < -0.39 is 0 Å². The van der Waals surface area contributed by atoms with E-state index in [9.17, 15) is 0 Å². The summed E-state index contributed by atoms with van der Waals surface area (Å²) in [6.07, 6.45) is 5.07. The molecule has 13 heavy (non-hydrogen) atoms. The fraction of sp³-hybridized carbons (Fsp3) is 0.800. The molecule has 74 valence electrons. The summed E-state index contributed by atoms with van der Waals surface area (Å²) in [5, 5.41) is 3.85. The van der Waals surface area contributed by atoms with E-state index in [2.05, 4.69) is 10.1 Å². The molecule has 3 nitrogen and oxygen atoms in total. The largest absolute Gasteiger partial charge is 0.340 e. The van der Waals surface area contributed by atoms with Crippen LogP contribution in [0.4, 0.5) is 0 Å². The summed E-state index contributed by atoms with van der Waals surface area (Å²) in [5.41, 5.74) is 0. The van der Waals surface area contributed by atoms with Crippen LogP contribution in [0.2, 0.25) is 0 Å². The molecule has 1 fully saturated rings. The lowest BCUT2D eigenvalue weighted by molar-refractivity contribution is 0.303. The zero-order valence-corrected chi connectivity index (χ0v) is 8.71. The molecule has 0 atom stereocenters. The Morgan fingerprint density at radius 1 is 1.38 bits per heavy atom. The van der Waals surface area contributed by atoms with Gasteiger partial charge in [-0.05, 0) is 5.92 Å². The second kappa shape index (κ2) is 5.00. The van der Waals surface area contributed by atoms with E-state index >= 15 is 0 Å². The van der Waals surface area contributed by atoms with Crippen molar-refractivity contribution in [2.75, 3.05) is 0 Å². The minimum atomic E-state index is 0.680. The van der Waals surface area contributed by atoms with E-state index in [0.717, 1.165) is 18.2 Å². The first-order valence-electron chi connectivity index (χ1n) is 5.14. The van der Waals surface area contributed by atoms with Gasteiger partial charge in [0.15, 0.2) is 5.82 Å². The van der Waals surface area contributed by atoms with Crippen LogP contribution in [0.3, 0.4) is 0 Å². The van der Waals surface area contributed by atoms with Crippen LogP contribution >= 0.6 is 0 Å². The van der Waals surface area contributed by atoms with Gasteiger partial charge in [-0.2, -0.15) is 4.98 Å². The maximum Gasteiger partial charge on any atom is 0.223 e. The average Bonchev–Trinajstić information content (AvgIpc) is 2.48. The molecule has 0 spiro atoms. The Morgan fingerprint density at radius 2 is 2.08 bits per heavy atom. The molecule has 1 aromatic heterocycles. The molecular weight excluding hydrogens is 164 g/mol. The smallest absolute Gasteiger partial charge is 0.223 e. The Morgan fingerprint density at radius 3 is 2.46 bits per heavy atom. The summed E-state index contributed by atoms with van der Waals surface area (Å²) in [5.74, 6) is 2.39. The van der Waals surface area contributed by atoms with Gasteiger partial charge in [0.1, 0.15) is 0 Å². The molecule has 1 aromatic rings. The standard InChI is InChI=1S/C8H12N2O.C2H6/c1-6-9-8(10-11-6)5-7-3-2-4-7;1-2/h7H,2-5H2,1H3;1-2H3. The second-order valence-electron chi connectivity index (χ2n) is 3.23. The van der Waals surface area contributed by atoms with Gasteiger partial charge in [0, 0.05) is 13.3 Å². The lowest BCUT2D eigenvalue weighted by Crippen LogP contribution is -2.14. The normalized spacial score (nSPS) is 15.9. The molecule has 1 saturated carbocycles. The SMILES string of the molecule is CC.Cc1nc(CC2CCC2)no1. The Kier molecular flexibility index (Phi) is 3.93. The van der Waals surface area contributed by atoms with E-state index in [-0.39, 0.29) is 0 Å². The minimum Gasteiger partial charge on any atom is -0.340 e. The number of rotatable bonds is 2. The van der Waals surface area contributed by atoms with Gasteiger partial charge in [0.2, 0.25) is 5.89 Å². The molecule has 0 radical (unpaired) electrons. The minimum absolute atomic E-state index is 0.680. The summed E-state index contributed by atoms with van der Waals surface area (Å²) in [6, 6.07) is 0. The fourth-order valence-corrected chi connectivity index (χ4v) is 1.38. The molecule has 0 amide bonds. The quantitative estimate of drug-likeness (QED) is 0.706. The number of aromatic nitrogens is 2. The molecule has 2 rings (SSSR count). The fourth-order valence-electron chi connectivity index (χ4n) is 1.38. The molecule has 0 N–H and O–H groups in total. The van der Waals surface area contributed by atoms with Crippen LogP contribution in [0.5, 0.6) is 0 Å². The van der Waals surface area contributed by atoms with Crippen LogP contribution in [-0.2, 0) is 6.42 Å². The third-order valence-electron chi connectivity index (χ3n) is 2.27. The van der Waals surface area contributed by atoms with Crippen molar-refractivity contribution in [2.24, 2.45) is 5.92 Å². The summed E-state index contributed by atoms with van der Waals surface area (Å²) < 4.78 is 4.87. The predicted molar refractivity (Wildman–Crippen MR) is 51.4 cm³/mol. The summed E-state index contributed by atoms with van der Waals surface area (Å²) in [7, 11) is 0. The van der Waals surface area contributed by atoms with E-state index in [1.165, 1.54) is 19.3 Å². The lowest BCUT2D eigenvalue weighted by Gasteiger charge is -2.23. The second-order valence-corrected chi connectivity index (χ2v) is 3.23. The van der Waals surface area contributed by atoms with Gasteiger partial charge in [0.25, 0.3) is 0 Å². The molecule has 1 aliphatic carbocycles. The van der Waals surface area contributed by atoms with E-state index in [1.807, 2.05) is 20.8 Å². The number of hydrogen-bond donors (Lipinski definition) is 0. The highest BCUT2D eigenvalue weighted by atomic mass is 16.5. The highest BCUT2D eigenvalue weighted by molar-refractivity contribution is 4.88. The first kappa shape index (κ1) is 10.2. The van der Waals surface area contributed by atoms with Crippen molar-refractivity contribution in [2.45, 2.75) is 46.5 Å². The molecule has 1 aliphatic rings. The van der Waals surface area contributed by atoms with Crippen molar-refractivity contribution in [3.63, 3.8) is 0 Å². The number of nitrogens with zero attached hydrogens (tertiary/aromatic N) is 2. The lowest BCUT2D eigenvalue weighted by atomic mass is 9.83. The molecule has 3 heteroatoms. The highest BCUT2D eigenvalue weighted by Crippen LogP contribution is 2.28. The van der Waals surface area contributed by atoms with Crippen molar-refractivity contribution in [3.05, 3.63) is 11.7 Å². The maximum atomic E-state index is 4.87. The van der Waals surface area contributed by atoms with Crippen molar-refractivity contribution in [1.29, 1.82) is 0 Å². The molecule has 0 unspecified atom stereocenters. The molecule has 1 heterocycles. The number of aryl methyl sites for hydroxylation is 1. The Hall–Kier alpha value is -0.860. The van der Waals surface area contributed by atoms with Gasteiger partial charge in [-0.3, -0.25) is 0 Å². The summed E-state index contributed by atoms with van der Waals surface area (Å²) in [6.45, 7) is 5.83. The topological polar surface area (TPSA) is 38.9 Å². The summed E-state index contributed by atoms with van der Waals surface area (Å²) in [4.78, 5) is 4.15. The van der Waals surface area contributed by atoms with Crippen LogP contribution in [0.25, 0.3) is 0 Å². The summed E-state index contributed by atoms with van der Waals surface area (Å²) >= 11 is 0. The van der Waals surface area contributed by atoms with E-state index in [0.29, 0.717) is 5.89 Å². The molecule has 0 aliphatic heterocycles. The Labute approximate surface area is 79.5 Å². The zero-order chi connectivity index (χ0) is 9.68. The van der Waals surface area contributed by atoms with Crippen molar-refractivity contribution in [1.82, 2.24) is 10.1 Å². The van der Waals surface area contributed by atoms with Crippen LogP contribution < -0.4 is 0 Å². The maximum absolute atomic E-state index is 4.87. The van der Waals surface area contributed by atoms with Crippen LogP contribution in [0.15, 0.2) is 4.52 Å².